The Balaban J connectivity index is 1.76. The maximum Gasteiger partial charge on any atom is 0.418 e. The second kappa shape index (κ2) is 7.75. The van der Waals surface area contributed by atoms with Crippen molar-refractivity contribution in [2.45, 2.75) is 6.18 Å². The number of nitriles is 1. The van der Waals surface area contributed by atoms with Crippen molar-refractivity contribution < 1.29 is 18.0 Å². The molecule has 0 bridgehead atoms. The predicted octanol–water partition coefficient (Wildman–Crippen LogP) is 4.36. The van der Waals surface area contributed by atoms with Gasteiger partial charge in [-0.1, -0.05) is 24.3 Å². The van der Waals surface area contributed by atoms with Crippen molar-refractivity contribution >= 4 is 23.2 Å². The summed E-state index contributed by atoms with van der Waals surface area (Å²) in [5, 5.41) is 14.1. The Morgan fingerprint density at radius 1 is 0.964 bits per heavy atom. The number of hydrogen-bond donors (Lipinski definition) is 2. The summed E-state index contributed by atoms with van der Waals surface area (Å²) in [6.45, 7) is 0. The van der Waals surface area contributed by atoms with Crippen LogP contribution in [0.3, 0.4) is 0 Å². The molecule has 28 heavy (non-hydrogen) atoms. The highest BCUT2D eigenvalue weighted by Gasteiger charge is 2.33. The van der Waals surface area contributed by atoms with Crippen LogP contribution in [0.5, 0.6) is 0 Å². The van der Waals surface area contributed by atoms with Gasteiger partial charge < -0.3 is 10.6 Å². The van der Waals surface area contributed by atoms with E-state index in [4.69, 9.17) is 5.26 Å². The lowest BCUT2D eigenvalue weighted by molar-refractivity contribution is -0.136. The summed E-state index contributed by atoms with van der Waals surface area (Å²) in [6.07, 6.45) is -2.18. The fourth-order valence-corrected chi connectivity index (χ4v) is 2.35. The first-order valence-electron chi connectivity index (χ1n) is 7.94. The first kappa shape index (κ1) is 18.8. The number of carbonyl (C=O) groups is 1. The molecule has 6 nitrogen and oxygen atoms in total. The number of benzene rings is 2. The SMILES string of the molecule is N#Cc1ccccc1NC(=O)c1cnc(Nc2ccccc2C(F)(F)F)nc1. The van der Waals surface area contributed by atoms with E-state index in [1.54, 1.807) is 24.3 Å². The highest BCUT2D eigenvalue weighted by atomic mass is 19.4. The second-order valence-electron chi connectivity index (χ2n) is 5.58. The standard InChI is InChI=1S/C19H12F3N5O/c20-19(21,22)14-6-2-4-8-16(14)27-18-24-10-13(11-25-18)17(28)26-15-7-3-1-5-12(15)9-23/h1-8,10-11H,(H,26,28)(H,24,25,27). The van der Waals surface area contributed by atoms with Crippen molar-refractivity contribution in [3.63, 3.8) is 0 Å². The zero-order valence-electron chi connectivity index (χ0n) is 14.2. The molecule has 3 aromatic rings. The van der Waals surface area contributed by atoms with Gasteiger partial charge in [-0.25, -0.2) is 9.97 Å². The zero-order chi connectivity index (χ0) is 20.1. The van der Waals surface area contributed by atoms with E-state index in [9.17, 15) is 18.0 Å². The monoisotopic (exact) mass is 383 g/mol. The van der Waals surface area contributed by atoms with Gasteiger partial charge in [0, 0.05) is 12.4 Å². The van der Waals surface area contributed by atoms with Crippen molar-refractivity contribution in [2.24, 2.45) is 0 Å². The Hall–Kier alpha value is -3.93. The van der Waals surface area contributed by atoms with Crippen LogP contribution in [0.2, 0.25) is 0 Å². The lowest BCUT2D eigenvalue weighted by Gasteiger charge is -2.13. The fourth-order valence-electron chi connectivity index (χ4n) is 2.35. The summed E-state index contributed by atoms with van der Waals surface area (Å²) in [6, 6.07) is 13.3. The highest BCUT2D eigenvalue weighted by Crippen LogP contribution is 2.35. The molecular weight excluding hydrogens is 371 g/mol. The van der Waals surface area contributed by atoms with Gasteiger partial charge in [0.15, 0.2) is 0 Å². The molecule has 1 amide bonds. The van der Waals surface area contributed by atoms with Gasteiger partial charge in [0.2, 0.25) is 5.95 Å². The third-order valence-corrected chi connectivity index (χ3v) is 3.69. The van der Waals surface area contributed by atoms with Crippen LogP contribution in [0.25, 0.3) is 0 Å². The predicted molar refractivity (Wildman–Crippen MR) is 95.9 cm³/mol. The number of amides is 1. The number of hydrogen-bond acceptors (Lipinski definition) is 5. The van der Waals surface area contributed by atoms with E-state index >= 15 is 0 Å². The minimum atomic E-state index is -4.53. The zero-order valence-corrected chi connectivity index (χ0v) is 14.2. The number of anilines is 3. The van der Waals surface area contributed by atoms with Gasteiger partial charge in [-0.05, 0) is 24.3 Å². The summed E-state index contributed by atoms with van der Waals surface area (Å²) < 4.78 is 39.1. The Labute approximate surface area is 157 Å². The smallest absolute Gasteiger partial charge is 0.324 e. The van der Waals surface area contributed by atoms with E-state index in [0.29, 0.717) is 11.3 Å². The summed E-state index contributed by atoms with van der Waals surface area (Å²) in [4.78, 5) is 20.0. The minimum absolute atomic E-state index is 0.0856. The Morgan fingerprint density at radius 3 is 2.21 bits per heavy atom. The lowest BCUT2D eigenvalue weighted by atomic mass is 10.1. The minimum Gasteiger partial charge on any atom is -0.324 e. The number of alkyl halides is 3. The Bertz CT molecular complexity index is 1040. The van der Waals surface area contributed by atoms with Gasteiger partial charge in [-0.2, -0.15) is 18.4 Å². The largest absolute Gasteiger partial charge is 0.418 e. The summed E-state index contributed by atoms with van der Waals surface area (Å²) in [7, 11) is 0. The van der Waals surface area contributed by atoms with E-state index in [1.165, 1.54) is 30.6 Å². The highest BCUT2D eigenvalue weighted by molar-refractivity contribution is 6.04. The molecule has 3 rings (SSSR count). The van der Waals surface area contributed by atoms with Crippen molar-refractivity contribution in [3.05, 3.63) is 77.6 Å². The van der Waals surface area contributed by atoms with E-state index in [2.05, 4.69) is 20.6 Å². The fraction of sp³-hybridized carbons (Fsp3) is 0.0526. The van der Waals surface area contributed by atoms with Crippen LogP contribution in [0.15, 0.2) is 60.9 Å². The second-order valence-corrected chi connectivity index (χ2v) is 5.58. The number of nitrogens with zero attached hydrogens (tertiary/aromatic N) is 3. The number of rotatable bonds is 4. The molecule has 0 atom stereocenters. The van der Waals surface area contributed by atoms with Crippen LogP contribution in [0.4, 0.5) is 30.5 Å². The molecule has 0 unspecified atom stereocenters. The van der Waals surface area contributed by atoms with Crippen molar-refractivity contribution in [1.82, 2.24) is 9.97 Å². The molecule has 0 fully saturated rings. The van der Waals surface area contributed by atoms with Crippen molar-refractivity contribution in [2.75, 3.05) is 10.6 Å². The van der Waals surface area contributed by atoms with Crippen LogP contribution >= 0.6 is 0 Å². The van der Waals surface area contributed by atoms with Gasteiger partial charge in [0.25, 0.3) is 5.91 Å². The average Bonchev–Trinajstić information content (AvgIpc) is 2.68. The molecule has 0 aliphatic rings. The molecular formula is C19H12F3N5O. The first-order valence-corrected chi connectivity index (χ1v) is 7.94. The molecule has 1 aromatic heterocycles. The van der Waals surface area contributed by atoms with E-state index in [-0.39, 0.29) is 17.2 Å². The normalized spacial score (nSPS) is 10.8. The molecule has 0 radical (unpaired) electrons. The lowest BCUT2D eigenvalue weighted by Crippen LogP contribution is -2.14. The average molecular weight is 383 g/mol. The molecule has 0 spiro atoms. The number of para-hydroxylation sites is 2. The van der Waals surface area contributed by atoms with E-state index in [0.717, 1.165) is 6.07 Å². The van der Waals surface area contributed by atoms with Gasteiger partial charge in [0.1, 0.15) is 6.07 Å². The molecule has 0 saturated carbocycles. The van der Waals surface area contributed by atoms with Gasteiger partial charge in [0.05, 0.1) is 28.1 Å². The van der Waals surface area contributed by atoms with Crippen molar-refractivity contribution in [1.29, 1.82) is 5.26 Å². The van der Waals surface area contributed by atoms with Gasteiger partial charge >= 0.3 is 6.18 Å². The topological polar surface area (TPSA) is 90.7 Å². The number of carbonyl (C=O) groups excluding carboxylic acids is 1. The summed E-state index contributed by atoms with van der Waals surface area (Å²) in [5.74, 6) is -0.643. The number of halogens is 3. The van der Waals surface area contributed by atoms with E-state index < -0.39 is 17.6 Å². The van der Waals surface area contributed by atoms with E-state index in [1.807, 2.05) is 6.07 Å². The van der Waals surface area contributed by atoms with Crippen LogP contribution in [-0.4, -0.2) is 15.9 Å². The molecule has 1 heterocycles. The molecule has 0 aliphatic heterocycles. The molecule has 0 saturated heterocycles. The Morgan fingerprint density at radius 2 is 1.57 bits per heavy atom. The summed E-state index contributed by atoms with van der Waals surface area (Å²) >= 11 is 0. The third kappa shape index (κ3) is 4.24. The third-order valence-electron chi connectivity index (χ3n) is 3.69. The maximum atomic E-state index is 13.0. The van der Waals surface area contributed by atoms with Gasteiger partial charge in [-0.3, -0.25) is 4.79 Å². The maximum absolute atomic E-state index is 13.0. The van der Waals surface area contributed by atoms with Crippen LogP contribution in [0, 0.1) is 11.3 Å². The molecule has 140 valence electrons. The van der Waals surface area contributed by atoms with Crippen LogP contribution in [-0.2, 0) is 6.18 Å². The molecule has 0 aliphatic carbocycles. The first-order chi connectivity index (χ1) is 13.4. The van der Waals surface area contributed by atoms with Gasteiger partial charge in [-0.15, -0.1) is 0 Å². The number of nitrogens with one attached hydrogen (secondary N) is 2. The van der Waals surface area contributed by atoms with Crippen molar-refractivity contribution in [3.8, 4) is 6.07 Å². The molecule has 2 aromatic carbocycles. The molecule has 9 heteroatoms. The van der Waals surface area contributed by atoms with Crippen LogP contribution < -0.4 is 10.6 Å². The quantitative estimate of drug-likeness (QED) is 0.698. The molecule has 2 N–H and O–H groups in total. The number of aromatic nitrogens is 2. The van der Waals surface area contributed by atoms with Crippen LogP contribution in [0.1, 0.15) is 21.5 Å². The summed E-state index contributed by atoms with van der Waals surface area (Å²) in [5.41, 5.74) is -0.346. The Kier molecular flexibility index (Phi) is 5.22.